The number of aryl methyl sites for hydroxylation is 1. The first-order valence-electron chi connectivity index (χ1n) is 18.7. The minimum absolute atomic E-state index is 0.0241. The lowest BCUT2D eigenvalue weighted by Gasteiger charge is -2.19. The molecule has 0 bridgehead atoms. The second-order valence-corrected chi connectivity index (χ2v) is 14.7. The second-order valence-electron chi connectivity index (χ2n) is 14.7. The molecule has 2 atom stereocenters. The van der Waals surface area contributed by atoms with Crippen LogP contribution in [0.1, 0.15) is 39.4 Å². The minimum atomic E-state index is -0.556. The summed E-state index contributed by atoms with van der Waals surface area (Å²) in [5, 5.41) is 2.33. The van der Waals surface area contributed by atoms with E-state index in [-0.39, 0.29) is 12.0 Å². The fourth-order valence-corrected chi connectivity index (χ4v) is 9.10. The number of esters is 1. The van der Waals surface area contributed by atoms with Gasteiger partial charge in [0.1, 0.15) is 0 Å². The number of hydrogen-bond donors (Lipinski definition) is 0. The van der Waals surface area contributed by atoms with E-state index >= 15 is 0 Å². The number of carbonyl (C=O) groups excluding carboxylic acids is 1. The van der Waals surface area contributed by atoms with E-state index in [1.165, 1.54) is 50.0 Å². The van der Waals surface area contributed by atoms with Crippen LogP contribution in [0, 0.1) is 6.92 Å². The number of aromatic nitrogens is 3. The Balaban J connectivity index is 1.25. The van der Waals surface area contributed by atoms with Crippen LogP contribution in [0.3, 0.4) is 0 Å². The number of ether oxygens (including phenoxy) is 1. The van der Waals surface area contributed by atoms with Crippen molar-refractivity contribution in [2.75, 3.05) is 0 Å². The van der Waals surface area contributed by atoms with Gasteiger partial charge in [0.25, 0.3) is 5.69 Å². The van der Waals surface area contributed by atoms with Gasteiger partial charge >= 0.3 is 12.2 Å². The lowest BCUT2D eigenvalue weighted by molar-refractivity contribution is -0.805. The van der Waals surface area contributed by atoms with Crippen molar-refractivity contribution in [2.24, 2.45) is 0 Å². The molecule has 0 radical (unpaired) electrons. The molecular formula is C49H36N3O2+3. The van der Waals surface area contributed by atoms with Crippen LogP contribution in [-0.2, 0) is 17.7 Å². The Morgan fingerprint density at radius 3 is 2.20 bits per heavy atom. The van der Waals surface area contributed by atoms with E-state index in [1.54, 1.807) is 0 Å². The molecule has 256 valence electrons. The molecule has 3 aromatic heterocycles. The zero-order valence-electron chi connectivity index (χ0n) is 29.8. The van der Waals surface area contributed by atoms with Crippen molar-refractivity contribution in [2.45, 2.75) is 32.2 Å². The molecule has 2 unspecified atom stereocenters. The number of pyridine rings is 3. The van der Waals surface area contributed by atoms with Crippen LogP contribution >= 0.6 is 0 Å². The maximum Gasteiger partial charge on any atom is 0.409 e. The molecule has 0 saturated heterocycles. The standard InChI is InChI=1S/C49H36N3O2/c1-31-18-20-33(21-19-31)37-28-43-38-15-7-6-14-35(38)27-44-47-40(42-17-9-10-23-51(42)44)25-36(32-11-3-2-4-12-32)26-41(47)48-39-16-8-5-13-34(39)22-24-50(48)30-46-52(43)45(29-37)49(53)54-46/h2-26,28-29,44,46H,27,30H2,1H3/q+3. The van der Waals surface area contributed by atoms with Crippen molar-refractivity contribution in [1.29, 1.82) is 0 Å². The highest BCUT2D eigenvalue weighted by atomic mass is 16.6. The third kappa shape index (κ3) is 4.71. The van der Waals surface area contributed by atoms with Crippen molar-refractivity contribution >= 4 is 16.7 Å². The van der Waals surface area contributed by atoms with Gasteiger partial charge < -0.3 is 4.74 Å². The highest BCUT2D eigenvalue weighted by molar-refractivity contribution is 5.96. The molecule has 0 saturated carbocycles. The molecule has 0 spiro atoms. The average Bonchev–Trinajstić information content (AvgIpc) is 3.70. The second kappa shape index (κ2) is 11.9. The van der Waals surface area contributed by atoms with Gasteiger partial charge in [0.05, 0.1) is 16.5 Å². The summed E-state index contributed by atoms with van der Waals surface area (Å²) in [7, 11) is 0. The van der Waals surface area contributed by atoms with Gasteiger partial charge in [-0.2, -0.15) is 9.13 Å². The van der Waals surface area contributed by atoms with E-state index in [2.05, 4.69) is 179 Å². The Hall–Kier alpha value is -6.72. The van der Waals surface area contributed by atoms with Crippen molar-refractivity contribution in [1.82, 2.24) is 0 Å². The van der Waals surface area contributed by atoms with Gasteiger partial charge in [-0.25, -0.2) is 4.79 Å². The quantitative estimate of drug-likeness (QED) is 0.133. The van der Waals surface area contributed by atoms with E-state index in [9.17, 15) is 4.79 Å². The lowest BCUT2D eigenvalue weighted by atomic mass is 9.85. The van der Waals surface area contributed by atoms with Gasteiger partial charge in [-0.15, -0.1) is 4.57 Å². The third-order valence-electron chi connectivity index (χ3n) is 11.6. The molecule has 3 aliphatic rings. The highest BCUT2D eigenvalue weighted by Crippen LogP contribution is 2.46. The summed E-state index contributed by atoms with van der Waals surface area (Å²) in [6, 6.07) is 54.4. The monoisotopic (exact) mass is 698 g/mol. The molecular weight excluding hydrogens is 663 g/mol. The molecule has 6 heterocycles. The summed E-state index contributed by atoms with van der Waals surface area (Å²) in [5.41, 5.74) is 15.6. The average molecular weight is 699 g/mol. The minimum Gasteiger partial charge on any atom is -0.389 e. The van der Waals surface area contributed by atoms with Crippen molar-refractivity contribution in [3.8, 4) is 56.0 Å². The molecule has 3 aliphatic heterocycles. The summed E-state index contributed by atoms with van der Waals surface area (Å²) in [4.78, 5) is 14.0. The van der Waals surface area contributed by atoms with Gasteiger partial charge in [0.15, 0.2) is 18.4 Å². The predicted octanol–water partition coefficient (Wildman–Crippen LogP) is 9.17. The summed E-state index contributed by atoms with van der Waals surface area (Å²) >= 11 is 0. The highest BCUT2D eigenvalue weighted by Gasteiger charge is 2.48. The zero-order valence-corrected chi connectivity index (χ0v) is 29.8. The third-order valence-corrected chi connectivity index (χ3v) is 11.6. The van der Waals surface area contributed by atoms with Crippen LogP contribution in [0.2, 0.25) is 0 Å². The molecule has 0 aliphatic carbocycles. The number of rotatable bonds is 2. The summed E-state index contributed by atoms with van der Waals surface area (Å²) in [5.74, 6) is -0.303. The molecule has 5 heteroatoms. The molecule has 0 fully saturated rings. The maximum atomic E-state index is 14.0. The van der Waals surface area contributed by atoms with Crippen LogP contribution in [0.5, 0.6) is 0 Å². The lowest BCUT2D eigenvalue weighted by Crippen LogP contribution is -2.50. The first kappa shape index (κ1) is 30.9. The summed E-state index contributed by atoms with van der Waals surface area (Å²) in [6.07, 6.45) is 4.62. The van der Waals surface area contributed by atoms with Crippen LogP contribution in [0.25, 0.3) is 66.8 Å². The Morgan fingerprint density at radius 2 is 1.31 bits per heavy atom. The van der Waals surface area contributed by atoms with Gasteiger partial charge in [0, 0.05) is 47.9 Å². The molecule has 0 N–H and O–H groups in total. The molecule has 54 heavy (non-hydrogen) atoms. The molecule has 5 nitrogen and oxygen atoms in total. The summed E-state index contributed by atoms with van der Waals surface area (Å²) < 4.78 is 13.3. The van der Waals surface area contributed by atoms with Crippen molar-refractivity contribution in [3.05, 3.63) is 186 Å². The van der Waals surface area contributed by atoms with Crippen LogP contribution in [0.15, 0.2) is 164 Å². The Bertz CT molecular complexity index is 2840. The van der Waals surface area contributed by atoms with Gasteiger partial charge in [-0.1, -0.05) is 96.6 Å². The zero-order chi connectivity index (χ0) is 35.9. The number of carbonyl (C=O) groups is 1. The van der Waals surface area contributed by atoms with Gasteiger partial charge in [0.2, 0.25) is 23.6 Å². The fraction of sp³-hybridized carbons (Fsp3) is 0.102. The van der Waals surface area contributed by atoms with E-state index < -0.39 is 6.23 Å². The van der Waals surface area contributed by atoms with Crippen molar-refractivity contribution < 1.29 is 23.2 Å². The fourth-order valence-electron chi connectivity index (χ4n) is 9.10. The normalized spacial score (nSPS) is 16.3. The molecule has 8 aromatic rings. The van der Waals surface area contributed by atoms with E-state index in [0.29, 0.717) is 12.2 Å². The molecule has 5 aromatic carbocycles. The first-order chi connectivity index (χ1) is 26.6. The Kier molecular flexibility index (Phi) is 6.80. The molecule has 0 amide bonds. The summed E-state index contributed by atoms with van der Waals surface area (Å²) in [6.45, 7) is 2.54. The van der Waals surface area contributed by atoms with Gasteiger partial charge in [-0.05, 0) is 70.5 Å². The van der Waals surface area contributed by atoms with Crippen molar-refractivity contribution in [3.63, 3.8) is 0 Å². The van der Waals surface area contributed by atoms with E-state index in [0.717, 1.165) is 39.9 Å². The number of fused-ring (bicyclic) bond motifs is 9. The first-order valence-corrected chi connectivity index (χ1v) is 18.7. The van der Waals surface area contributed by atoms with Gasteiger partial charge in [-0.3, -0.25) is 0 Å². The maximum absolute atomic E-state index is 14.0. The largest absolute Gasteiger partial charge is 0.409 e. The van der Waals surface area contributed by atoms with Crippen LogP contribution < -0.4 is 13.7 Å². The Labute approximate surface area is 313 Å². The number of nitrogens with zero attached hydrogens (tertiary/aromatic N) is 3. The van der Waals surface area contributed by atoms with Crippen LogP contribution in [0.4, 0.5) is 0 Å². The molecule has 11 rings (SSSR count). The smallest absolute Gasteiger partial charge is 0.389 e. The number of benzene rings is 5. The SMILES string of the molecule is Cc1ccc(-c2cc3[n+]4c(c2)-c2ccccc2CC2c5c(cc(-c6ccccc6)cc5-c5cccc[n+]52)-c2c5ccccc5cc[n+]2CC4OC3=O)cc1. The van der Waals surface area contributed by atoms with E-state index in [1.807, 2.05) is 6.07 Å². The topological polar surface area (TPSA) is 37.9 Å². The van der Waals surface area contributed by atoms with E-state index in [4.69, 9.17) is 4.74 Å². The Morgan fingerprint density at radius 1 is 0.593 bits per heavy atom. The number of hydrogen-bond acceptors (Lipinski definition) is 2. The van der Waals surface area contributed by atoms with Crippen LogP contribution in [-0.4, -0.2) is 5.97 Å². The predicted molar refractivity (Wildman–Crippen MR) is 209 cm³/mol.